The Labute approximate surface area is 220 Å². The third kappa shape index (κ3) is 4.91. The molecular weight excluding hydrogens is 799 g/mol. The van der Waals surface area contributed by atoms with Crippen LogP contribution in [0.3, 0.4) is 0 Å². The van der Waals surface area contributed by atoms with E-state index in [4.69, 9.17) is 4.74 Å². The number of aromatic carboxylic acids is 1. The lowest BCUT2D eigenvalue weighted by Crippen LogP contribution is -2.17. The number of amides is 1. The molecule has 29 heavy (non-hydrogen) atoms. The minimum absolute atomic E-state index is 0.0784. The van der Waals surface area contributed by atoms with E-state index in [1.54, 1.807) is 18.6 Å². The molecule has 5 nitrogen and oxygen atoms in total. The summed E-state index contributed by atoms with van der Waals surface area (Å²) in [5.74, 6) is -0.764. The van der Waals surface area contributed by atoms with E-state index >= 15 is 0 Å². The number of rotatable bonds is 5. The molecule has 0 saturated heterocycles. The number of methoxy groups -OCH3 is 1. The molecule has 0 aliphatic heterocycles. The van der Waals surface area contributed by atoms with Crippen LogP contribution in [-0.2, 0) is 0 Å². The minimum atomic E-state index is -1.09. The standard InChI is InChI=1S/C19H11BrI3NO4S/c1-28-12-6-10(21)13(16(23)15(12)22)18(25)24-11-7-29-17(14(11)19(26)27)8-3-2-4-9(20)5-8/h2-7H,1H3,(H,24,25)(H,26,27). The van der Waals surface area contributed by atoms with Gasteiger partial charge in [-0.25, -0.2) is 4.79 Å². The van der Waals surface area contributed by atoms with E-state index in [0.717, 1.165) is 20.7 Å². The second kappa shape index (κ2) is 9.78. The van der Waals surface area contributed by atoms with Gasteiger partial charge in [-0.05, 0) is 91.5 Å². The normalized spacial score (nSPS) is 10.7. The van der Waals surface area contributed by atoms with Crippen LogP contribution >= 0.6 is 95.0 Å². The fourth-order valence-corrected chi connectivity index (χ4v) is 6.77. The topological polar surface area (TPSA) is 75.6 Å². The van der Waals surface area contributed by atoms with Crippen molar-refractivity contribution in [3.63, 3.8) is 0 Å². The van der Waals surface area contributed by atoms with E-state index < -0.39 is 5.97 Å². The van der Waals surface area contributed by atoms with Crippen LogP contribution in [-0.4, -0.2) is 24.1 Å². The molecule has 2 aromatic carbocycles. The number of carbonyl (C=O) groups excluding carboxylic acids is 1. The molecule has 10 heteroatoms. The van der Waals surface area contributed by atoms with Gasteiger partial charge >= 0.3 is 5.97 Å². The molecule has 1 amide bonds. The highest BCUT2D eigenvalue weighted by molar-refractivity contribution is 14.1. The van der Waals surface area contributed by atoms with Crippen molar-refractivity contribution in [1.29, 1.82) is 0 Å². The van der Waals surface area contributed by atoms with Gasteiger partial charge in [-0.2, -0.15) is 0 Å². The predicted octanol–water partition coefficient (Wildman–Crippen LogP) is 6.95. The summed E-state index contributed by atoms with van der Waals surface area (Å²) >= 11 is 11.0. The Balaban J connectivity index is 2.03. The molecule has 0 radical (unpaired) electrons. The van der Waals surface area contributed by atoms with E-state index in [2.05, 4.69) is 89.0 Å². The number of ether oxygens (including phenoxy) is 1. The van der Waals surface area contributed by atoms with Crippen molar-refractivity contribution in [2.24, 2.45) is 0 Å². The third-order valence-corrected chi connectivity index (χ3v) is 9.47. The van der Waals surface area contributed by atoms with Gasteiger partial charge < -0.3 is 15.2 Å². The molecule has 3 rings (SSSR count). The van der Waals surface area contributed by atoms with Crippen molar-refractivity contribution in [1.82, 2.24) is 0 Å². The number of hydrogen-bond donors (Lipinski definition) is 2. The van der Waals surface area contributed by atoms with Crippen LogP contribution < -0.4 is 10.1 Å². The maximum absolute atomic E-state index is 13.0. The molecule has 1 heterocycles. The lowest BCUT2D eigenvalue weighted by Gasteiger charge is -2.13. The number of carbonyl (C=O) groups is 2. The fourth-order valence-electron chi connectivity index (χ4n) is 2.62. The molecule has 0 spiro atoms. The number of carboxylic acids is 1. The first kappa shape index (κ1) is 23.2. The van der Waals surface area contributed by atoms with E-state index in [1.807, 2.05) is 24.3 Å². The summed E-state index contributed by atoms with van der Waals surface area (Å²) in [6.07, 6.45) is 0. The average Bonchev–Trinajstić information content (AvgIpc) is 3.08. The van der Waals surface area contributed by atoms with Crippen LogP contribution in [0.25, 0.3) is 10.4 Å². The maximum atomic E-state index is 13.0. The van der Waals surface area contributed by atoms with Gasteiger partial charge in [0.15, 0.2) is 0 Å². The zero-order chi connectivity index (χ0) is 21.3. The molecule has 1 aromatic heterocycles. The Morgan fingerprint density at radius 2 is 1.86 bits per heavy atom. The zero-order valence-electron chi connectivity index (χ0n) is 14.6. The number of nitrogens with one attached hydrogen (secondary N) is 1. The zero-order valence-corrected chi connectivity index (χ0v) is 23.4. The number of halogens is 4. The van der Waals surface area contributed by atoms with Crippen LogP contribution in [0.5, 0.6) is 5.75 Å². The molecule has 3 aromatic rings. The molecule has 0 atom stereocenters. The Morgan fingerprint density at radius 1 is 1.14 bits per heavy atom. The Bertz CT molecular complexity index is 1130. The highest BCUT2D eigenvalue weighted by atomic mass is 127. The molecule has 150 valence electrons. The van der Waals surface area contributed by atoms with Gasteiger partial charge in [0.2, 0.25) is 0 Å². The Morgan fingerprint density at radius 3 is 2.48 bits per heavy atom. The van der Waals surface area contributed by atoms with Gasteiger partial charge in [-0.15, -0.1) is 11.3 Å². The third-order valence-electron chi connectivity index (χ3n) is 3.91. The first-order chi connectivity index (χ1) is 13.7. The van der Waals surface area contributed by atoms with Gasteiger partial charge in [0.05, 0.1) is 26.8 Å². The molecule has 0 fully saturated rings. The highest BCUT2D eigenvalue weighted by Gasteiger charge is 2.24. The van der Waals surface area contributed by atoms with Gasteiger partial charge in [-0.3, -0.25) is 4.79 Å². The first-order valence-electron chi connectivity index (χ1n) is 7.88. The second-order valence-electron chi connectivity index (χ2n) is 5.69. The fraction of sp³-hybridized carbons (Fsp3) is 0.0526. The van der Waals surface area contributed by atoms with Crippen molar-refractivity contribution in [3.05, 3.63) is 62.0 Å². The van der Waals surface area contributed by atoms with Crippen molar-refractivity contribution >= 4 is 113 Å². The van der Waals surface area contributed by atoms with Gasteiger partial charge in [0.1, 0.15) is 11.3 Å². The van der Waals surface area contributed by atoms with E-state index in [0.29, 0.717) is 16.2 Å². The summed E-state index contributed by atoms with van der Waals surface area (Å²) in [4.78, 5) is 25.6. The summed E-state index contributed by atoms with van der Waals surface area (Å²) in [7, 11) is 1.58. The van der Waals surface area contributed by atoms with E-state index in [9.17, 15) is 14.7 Å². The smallest absolute Gasteiger partial charge is 0.339 e. The van der Waals surface area contributed by atoms with E-state index in [1.165, 1.54) is 11.3 Å². The molecule has 0 saturated carbocycles. The molecular formula is C19H11BrI3NO4S. The quantitative estimate of drug-likeness (QED) is 0.216. The highest BCUT2D eigenvalue weighted by Crippen LogP contribution is 2.38. The minimum Gasteiger partial charge on any atom is -0.496 e. The number of carboxylic acid groups (broad SMARTS) is 1. The van der Waals surface area contributed by atoms with Gasteiger partial charge in [-0.1, -0.05) is 28.1 Å². The number of hydrogen-bond acceptors (Lipinski definition) is 4. The van der Waals surface area contributed by atoms with Crippen molar-refractivity contribution < 1.29 is 19.4 Å². The Hall–Kier alpha value is -0.450. The lowest BCUT2D eigenvalue weighted by molar-refractivity contribution is 0.0699. The summed E-state index contributed by atoms with van der Waals surface area (Å²) in [5.41, 5.74) is 1.61. The van der Waals surface area contributed by atoms with Crippen LogP contribution in [0.15, 0.2) is 40.2 Å². The summed E-state index contributed by atoms with van der Waals surface area (Å²) in [5, 5.41) is 14.2. The molecule has 0 unspecified atom stereocenters. The van der Waals surface area contributed by atoms with Crippen molar-refractivity contribution in [3.8, 4) is 16.2 Å². The van der Waals surface area contributed by atoms with E-state index in [-0.39, 0.29) is 17.2 Å². The first-order valence-corrected chi connectivity index (χ1v) is 12.8. The molecule has 0 aliphatic carbocycles. The summed E-state index contributed by atoms with van der Waals surface area (Å²) < 4.78 is 8.50. The van der Waals surface area contributed by atoms with Crippen LogP contribution in [0.2, 0.25) is 0 Å². The molecule has 0 aliphatic rings. The van der Waals surface area contributed by atoms with Crippen LogP contribution in [0, 0.1) is 10.7 Å². The molecule has 2 N–H and O–H groups in total. The van der Waals surface area contributed by atoms with Crippen molar-refractivity contribution in [2.45, 2.75) is 0 Å². The van der Waals surface area contributed by atoms with Crippen LogP contribution in [0.4, 0.5) is 5.69 Å². The second-order valence-corrected chi connectivity index (χ2v) is 10.8. The summed E-state index contributed by atoms with van der Waals surface area (Å²) in [6.45, 7) is 0. The maximum Gasteiger partial charge on any atom is 0.339 e. The Kier molecular flexibility index (Phi) is 7.83. The largest absolute Gasteiger partial charge is 0.496 e. The molecule has 0 bridgehead atoms. The monoisotopic (exact) mass is 809 g/mol. The number of anilines is 1. The predicted molar refractivity (Wildman–Crippen MR) is 144 cm³/mol. The SMILES string of the molecule is COc1cc(I)c(C(=O)Nc2csc(-c3cccc(Br)c3)c2C(=O)O)c(I)c1I. The van der Waals surface area contributed by atoms with Crippen molar-refractivity contribution in [2.75, 3.05) is 12.4 Å². The number of thiophene rings is 1. The van der Waals surface area contributed by atoms with Crippen LogP contribution in [0.1, 0.15) is 20.7 Å². The number of benzene rings is 2. The average molecular weight is 810 g/mol. The van der Waals surface area contributed by atoms with Gasteiger partial charge in [0, 0.05) is 17.0 Å². The lowest BCUT2D eigenvalue weighted by atomic mass is 10.1. The van der Waals surface area contributed by atoms with Gasteiger partial charge in [0.25, 0.3) is 5.91 Å². The summed E-state index contributed by atoms with van der Waals surface area (Å²) in [6, 6.07) is 9.19.